The Morgan fingerprint density at radius 3 is 2.53 bits per heavy atom. The van der Waals surface area contributed by atoms with Crippen LogP contribution in [-0.2, 0) is 9.59 Å². The van der Waals surface area contributed by atoms with E-state index in [-0.39, 0.29) is 36.4 Å². The lowest BCUT2D eigenvalue weighted by molar-refractivity contribution is -0.123. The molecular weight excluding hydrogens is 439 g/mol. The molecule has 34 heavy (non-hydrogen) atoms. The lowest BCUT2D eigenvalue weighted by Crippen LogP contribution is -2.47. The Hall–Kier alpha value is -4.33. The molecular formula is C26H21FN2O5. The molecule has 0 fully saturated rings. The lowest BCUT2D eigenvalue weighted by Gasteiger charge is -2.30. The fourth-order valence-corrected chi connectivity index (χ4v) is 3.74. The highest BCUT2D eigenvalue weighted by Crippen LogP contribution is 2.35. The minimum Gasteiger partial charge on any atom is -0.486 e. The molecule has 0 aromatic heterocycles. The molecule has 2 aliphatic heterocycles. The highest BCUT2D eigenvalue weighted by Gasteiger charge is 2.32. The second kappa shape index (κ2) is 9.27. The highest BCUT2D eigenvalue weighted by molar-refractivity contribution is 6.12. The van der Waals surface area contributed by atoms with Crippen molar-refractivity contribution in [3.8, 4) is 17.2 Å². The summed E-state index contributed by atoms with van der Waals surface area (Å²) in [4.78, 5) is 27.2. The van der Waals surface area contributed by atoms with E-state index in [1.807, 2.05) is 18.2 Å². The third kappa shape index (κ3) is 4.43. The lowest BCUT2D eigenvalue weighted by atomic mass is 10.1. The molecule has 2 heterocycles. The third-order valence-corrected chi connectivity index (χ3v) is 5.42. The second-order valence-corrected chi connectivity index (χ2v) is 7.79. The second-order valence-electron chi connectivity index (χ2n) is 7.79. The molecule has 0 spiro atoms. The van der Waals surface area contributed by atoms with E-state index in [1.54, 1.807) is 48.5 Å². The van der Waals surface area contributed by atoms with E-state index in [0.29, 0.717) is 29.5 Å². The summed E-state index contributed by atoms with van der Waals surface area (Å²) in [5.41, 5.74) is 0.670. The number of anilines is 1. The van der Waals surface area contributed by atoms with Crippen molar-refractivity contribution >= 4 is 23.6 Å². The Balaban J connectivity index is 1.29. The summed E-state index contributed by atoms with van der Waals surface area (Å²) in [5.74, 6) is 0.213. The van der Waals surface area contributed by atoms with Gasteiger partial charge in [-0.05, 0) is 36.4 Å². The molecule has 1 atom stereocenters. The molecule has 172 valence electrons. The topological polar surface area (TPSA) is 77.1 Å². The quantitative estimate of drug-likeness (QED) is 0.590. The number of nitrogens with zero attached hydrogens (tertiary/aromatic N) is 1. The van der Waals surface area contributed by atoms with Crippen molar-refractivity contribution in [2.45, 2.75) is 6.10 Å². The first-order valence-corrected chi connectivity index (χ1v) is 10.8. The number of hydrogen-bond donors (Lipinski definition) is 1. The molecule has 3 aromatic rings. The van der Waals surface area contributed by atoms with Crippen molar-refractivity contribution in [1.29, 1.82) is 0 Å². The van der Waals surface area contributed by atoms with E-state index in [1.165, 1.54) is 17.0 Å². The van der Waals surface area contributed by atoms with Gasteiger partial charge < -0.3 is 19.5 Å². The number of carbonyl (C=O) groups excluding carboxylic acids is 2. The van der Waals surface area contributed by atoms with Gasteiger partial charge in [0.25, 0.3) is 5.91 Å². The summed E-state index contributed by atoms with van der Waals surface area (Å²) in [5, 5.41) is 2.80. The molecule has 0 radical (unpaired) electrons. The van der Waals surface area contributed by atoms with Crippen molar-refractivity contribution in [2.75, 3.05) is 24.6 Å². The molecule has 0 saturated heterocycles. The molecule has 2 amide bonds. The van der Waals surface area contributed by atoms with Gasteiger partial charge in [0.1, 0.15) is 25.1 Å². The van der Waals surface area contributed by atoms with Gasteiger partial charge in [-0.2, -0.15) is 0 Å². The monoisotopic (exact) mass is 460 g/mol. The Kier molecular flexibility index (Phi) is 5.86. The van der Waals surface area contributed by atoms with Crippen LogP contribution in [0, 0.1) is 5.82 Å². The smallest absolute Gasteiger partial charge is 0.294 e. The van der Waals surface area contributed by atoms with Gasteiger partial charge in [-0.15, -0.1) is 0 Å². The van der Waals surface area contributed by atoms with Crippen molar-refractivity contribution in [3.63, 3.8) is 0 Å². The summed E-state index contributed by atoms with van der Waals surface area (Å²) in [6, 6.07) is 20.3. The molecule has 1 N–H and O–H groups in total. The number of para-hydroxylation sites is 4. The summed E-state index contributed by atoms with van der Waals surface area (Å²) in [6.45, 7) is 0.273. The van der Waals surface area contributed by atoms with Crippen molar-refractivity contribution in [2.24, 2.45) is 0 Å². The Labute approximate surface area is 195 Å². The molecule has 2 aliphatic rings. The fraction of sp³-hybridized carbons (Fsp3) is 0.154. The molecule has 8 heteroatoms. The number of amides is 2. The van der Waals surface area contributed by atoms with E-state index in [4.69, 9.17) is 14.2 Å². The maximum absolute atomic E-state index is 14.1. The zero-order valence-corrected chi connectivity index (χ0v) is 18.1. The summed E-state index contributed by atoms with van der Waals surface area (Å²) in [7, 11) is 0. The first-order valence-electron chi connectivity index (χ1n) is 10.8. The Bertz CT molecular complexity index is 1280. The predicted molar refractivity (Wildman–Crippen MR) is 123 cm³/mol. The van der Waals surface area contributed by atoms with Crippen LogP contribution in [-0.4, -0.2) is 37.6 Å². The third-order valence-electron chi connectivity index (χ3n) is 5.42. The number of halogens is 1. The fourth-order valence-electron chi connectivity index (χ4n) is 3.74. The minimum atomic E-state index is -0.539. The zero-order chi connectivity index (χ0) is 23.5. The van der Waals surface area contributed by atoms with Crippen LogP contribution in [0.15, 0.2) is 78.6 Å². The van der Waals surface area contributed by atoms with Gasteiger partial charge in [-0.3, -0.25) is 14.5 Å². The van der Waals surface area contributed by atoms with Crippen molar-refractivity contribution in [3.05, 3.63) is 89.9 Å². The number of nitrogens with one attached hydrogen (secondary N) is 1. The number of hydrogen-bond acceptors (Lipinski definition) is 5. The van der Waals surface area contributed by atoms with Crippen LogP contribution in [0.1, 0.15) is 5.56 Å². The zero-order valence-electron chi connectivity index (χ0n) is 18.1. The average molecular weight is 460 g/mol. The van der Waals surface area contributed by atoms with Crippen LogP contribution in [0.3, 0.4) is 0 Å². The Morgan fingerprint density at radius 1 is 1.00 bits per heavy atom. The van der Waals surface area contributed by atoms with E-state index < -0.39 is 11.7 Å². The minimum absolute atomic E-state index is 0.0720. The van der Waals surface area contributed by atoms with Gasteiger partial charge in [-0.1, -0.05) is 42.5 Å². The summed E-state index contributed by atoms with van der Waals surface area (Å²) in [6.07, 6.45) is 0.978. The molecule has 7 nitrogen and oxygen atoms in total. The molecule has 5 rings (SSSR count). The van der Waals surface area contributed by atoms with E-state index in [0.717, 1.165) is 0 Å². The van der Waals surface area contributed by atoms with Gasteiger partial charge in [-0.25, -0.2) is 4.39 Å². The number of ether oxygens (including phenoxy) is 3. The number of carbonyl (C=O) groups is 2. The van der Waals surface area contributed by atoms with Crippen molar-refractivity contribution < 1.29 is 28.2 Å². The first-order chi connectivity index (χ1) is 16.6. The normalized spacial score (nSPS) is 17.7. The standard InChI is InChI=1S/C26H21FN2O5/c27-19-8-2-1-7-17(19)13-24-26(31)29(20-9-3-4-10-21(20)34-24)15-25(30)28-14-18-16-32-22-11-5-6-12-23(22)33-18/h1-13,18H,14-16H2,(H,28,30)/b24-13-/t18-/m1/s1. The summed E-state index contributed by atoms with van der Waals surface area (Å²) >= 11 is 0. The maximum Gasteiger partial charge on any atom is 0.294 e. The van der Waals surface area contributed by atoms with Crippen LogP contribution in [0.4, 0.5) is 10.1 Å². The summed E-state index contributed by atoms with van der Waals surface area (Å²) < 4.78 is 31.4. The molecule has 0 bridgehead atoms. The van der Waals surface area contributed by atoms with Gasteiger partial charge in [0.2, 0.25) is 5.91 Å². The maximum atomic E-state index is 14.1. The van der Waals surface area contributed by atoms with Crippen molar-refractivity contribution in [1.82, 2.24) is 5.32 Å². The van der Waals surface area contributed by atoms with Crippen LogP contribution in [0.5, 0.6) is 17.2 Å². The van der Waals surface area contributed by atoms with Gasteiger partial charge in [0.05, 0.1) is 12.2 Å². The molecule has 0 saturated carbocycles. The molecule has 3 aromatic carbocycles. The predicted octanol–water partition coefficient (Wildman–Crippen LogP) is 3.55. The Morgan fingerprint density at radius 2 is 1.71 bits per heavy atom. The van der Waals surface area contributed by atoms with E-state index in [9.17, 15) is 14.0 Å². The molecule has 0 unspecified atom stereocenters. The van der Waals surface area contributed by atoms with Crippen LogP contribution >= 0.6 is 0 Å². The number of fused-ring (bicyclic) bond motifs is 2. The molecule has 0 aliphatic carbocycles. The van der Waals surface area contributed by atoms with Crippen LogP contribution < -0.4 is 24.4 Å². The van der Waals surface area contributed by atoms with Gasteiger partial charge in [0.15, 0.2) is 23.0 Å². The largest absolute Gasteiger partial charge is 0.486 e. The number of rotatable bonds is 5. The van der Waals surface area contributed by atoms with Crippen LogP contribution in [0.25, 0.3) is 6.08 Å². The highest BCUT2D eigenvalue weighted by atomic mass is 19.1. The average Bonchev–Trinajstić information content (AvgIpc) is 2.86. The SMILES string of the molecule is O=C(CN1C(=O)/C(=C/c2ccccc2F)Oc2ccccc21)NC[C@@H]1COc2ccccc2O1. The van der Waals surface area contributed by atoms with Gasteiger partial charge in [0, 0.05) is 5.56 Å². The van der Waals surface area contributed by atoms with Gasteiger partial charge >= 0.3 is 0 Å². The van der Waals surface area contributed by atoms with Crippen LogP contribution in [0.2, 0.25) is 0 Å². The number of benzene rings is 3. The van der Waals surface area contributed by atoms with E-state index in [2.05, 4.69) is 5.32 Å². The first kappa shape index (κ1) is 21.5. The van der Waals surface area contributed by atoms with E-state index >= 15 is 0 Å².